The smallest absolute Gasteiger partial charge is 0.870 e. The summed E-state index contributed by atoms with van der Waals surface area (Å²) in [5.41, 5.74) is 0. The first-order valence-corrected chi connectivity index (χ1v) is 12.7. The van der Waals surface area contributed by atoms with E-state index in [2.05, 4.69) is 0 Å². The van der Waals surface area contributed by atoms with Crippen molar-refractivity contribution in [3.8, 4) is 0 Å². The zero-order valence-corrected chi connectivity index (χ0v) is 28.9. The molecule has 1 aliphatic rings. The molecule has 1 rings (SSSR count). The maximum Gasteiger partial charge on any atom is 1.00 e. The van der Waals surface area contributed by atoms with Gasteiger partial charge in [-0.1, -0.05) is 0 Å². The number of nitrogens with zero attached hydrogens (tertiary/aromatic N) is 2. The van der Waals surface area contributed by atoms with Crippen molar-refractivity contribution in [3.63, 3.8) is 0 Å². The van der Waals surface area contributed by atoms with E-state index in [0.717, 1.165) is 12.4 Å². The molecular formula is C7H15N2Na4O15P4-. The third-order valence-electron chi connectivity index (χ3n) is 3.49. The van der Waals surface area contributed by atoms with E-state index in [1.54, 1.807) is 0 Å². The van der Waals surface area contributed by atoms with Gasteiger partial charge in [-0.3, -0.25) is 0 Å². The van der Waals surface area contributed by atoms with E-state index in [0.29, 0.717) is 9.80 Å². The largest absolute Gasteiger partial charge is 1.00 e. The van der Waals surface area contributed by atoms with Crippen LogP contribution >= 0.6 is 30.4 Å². The van der Waals surface area contributed by atoms with E-state index in [9.17, 15) is 48.0 Å². The van der Waals surface area contributed by atoms with Gasteiger partial charge in [0.15, 0.2) is 30.4 Å². The van der Waals surface area contributed by atoms with Crippen molar-refractivity contribution >= 4 is 30.4 Å². The quantitative estimate of drug-likeness (QED) is 0.114. The normalized spacial score (nSPS) is 23.9. The summed E-state index contributed by atoms with van der Waals surface area (Å²) in [6.45, 7) is -3.81. The summed E-state index contributed by atoms with van der Waals surface area (Å²) in [5.74, 6) is 0. The fourth-order valence-corrected chi connectivity index (χ4v) is 5.94. The first-order valence-electron chi connectivity index (χ1n) is 6.42. The zero-order valence-electron chi connectivity index (χ0n) is 17.4. The monoisotopic (exact) mass is 583 g/mol. The predicted octanol–water partition coefficient (Wildman–Crippen LogP) is -17.7. The molecular weight excluding hydrogens is 568 g/mol. The molecule has 0 saturated carbocycles. The summed E-state index contributed by atoms with van der Waals surface area (Å²) in [6, 6.07) is 0. The average Bonchev–Trinajstić information content (AvgIpc) is 2.80. The maximum atomic E-state index is 11.1. The topological polar surface area (TPSA) is 318 Å². The van der Waals surface area contributed by atoms with Gasteiger partial charge >= 0.3 is 118 Å². The van der Waals surface area contributed by atoms with Crippen LogP contribution in [-0.2, 0) is 18.3 Å². The minimum atomic E-state index is -6.11. The van der Waals surface area contributed by atoms with Crippen molar-refractivity contribution in [2.45, 2.75) is 10.2 Å². The molecule has 4 atom stereocenters. The molecule has 0 bridgehead atoms. The van der Waals surface area contributed by atoms with Crippen LogP contribution in [0.1, 0.15) is 0 Å². The Balaban J connectivity index is -0.000000486. The van der Waals surface area contributed by atoms with Crippen LogP contribution in [0.4, 0.5) is 0 Å². The fourth-order valence-electron chi connectivity index (χ4n) is 1.94. The van der Waals surface area contributed by atoms with Crippen LogP contribution in [-0.4, -0.2) is 75.0 Å². The molecule has 0 spiro atoms. The second-order valence-corrected chi connectivity index (χ2v) is 13.4. The summed E-state index contributed by atoms with van der Waals surface area (Å²) in [5, 5.41) is 11.2. The van der Waals surface area contributed by atoms with Gasteiger partial charge in [0.1, 0.15) is 0 Å². The first kappa shape index (κ1) is 45.7. The van der Waals surface area contributed by atoms with Gasteiger partial charge in [0.05, 0.1) is 19.8 Å². The molecule has 1 heterocycles. The minimum absolute atomic E-state index is 0. The van der Waals surface area contributed by atoms with Crippen LogP contribution in [0.15, 0.2) is 12.4 Å². The molecule has 32 heavy (non-hydrogen) atoms. The Morgan fingerprint density at radius 1 is 0.656 bits per heavy atom. The molecule has 0 aliphatic carbocycles. The van der Waals surface area contributed by atoms with Gasteiger partial charge < -0.3 is 82.9 Å². The summed E-state index contributed by atoms with van der Waals surface area (Å²) in [6.07, 6.45) is 1.52. The molecule has 7 N–H and O–H groups in total. The number of rotatable bonds is 8. The van der Waals surface area contributed by atoms with E-state index >= 15 is 0 Å². The first-order chi connectivity index (χ1) is 11.7. The molecule has 0 aromatic heterocycles. The maximum absolute atomic E-state index is 11.1. The van der Waals surface area contributed by atoms with Gasteiger partial charge in [-0.15, -0.1) is 0 Å². The Kier molecular flexibility index (Phi) is 22.0. The van der Waals surface area contributed by atoms with Crippen LogP contribution in [0, 0.1) is 0 Å². The average molecular weight is 583 g/mol. The molecule has 0 fully saturated rings. The Labute approximate surface area is 270 Å². The molecule has 0 saturated heterocycles. The Hall–Kier alpha value is 3.82. The molecule has 168 valence electrons. The fraction of sp³-hybridized carbons (Fsp3) is 0.714. The molecule has 25 heteroatoms. The van der Waals surface area contributed by atoms with Crippen molar-refractivity contribution in [1.29, 1.82) is 0 Å². The minimum Gasteiger partial charge on any atom is -0.870 e. The third-order valence-corrected chi connectivity index (χ3v) is 10.7. The van der Waals surface area contributed by atoms with Crippen LogP contribution in [0.2, 0.25) is 0 Å². The molecule has 4 unspecified atom stereocenters. The summed E-state index contributed by atoms with van der Waals surface area (Å²) < 4.78 is 44.5. The zero-order chi connectivity index (χ0) is 21.7. The van der Waals surface area contributed by atoms with E-state index < -0.39 is 60.3 Å². The Bertz CT molecular complexity index is 698. The van der Waals surface area contributed by atoms with E-state index in [1.165, 1.54) is 0 Å². The van der Waals surface area contributed by atoms with Gasteiger partial charge in [-0.25, -0.2) is 0 Å². The number of β-amino-alcohol motifs (C(OH)–C–C–N with tert-alkyl or cyclic N) is 2. The molecule has 1 aliphatic heterocycles. The second-order valence-electron chi connectivity index (χ2n) is 5.56. The van der Waals surface area contributed by atoms with Crippen LogP contribution in [0.3, 0.4) is 0 Å². The van der Waals surface area contributed by atoms with Gasteiger partial charge in [0.25, 0.3) is 0 Å². The van der Waals surface area contributed by atoms with Crippen molar-refractivity contribution in [1.82, 2.24) is 9.80 Å². The Morgan fingerprint density at radius 3 is 1.00 bits per heavy atom. The van der Waals surface area contributed by atoms with Crippen molar-refractivity contribution in [3.05, 3.63) is 12.4 Å². The van der Waals surface area contributed by atoms with Crippen LogP contribution < -0.4 is 138 Å². The molecule has 0 aromatic carbocycles. The van der Waals surface area contributed by atoms with Gasteiger partial charge in [0, 0.05) is 12.4 Å². The van der Waals surface area contributed by atoms with Crippen LogP contribution in [0.25, 0.3) is 0 Å². The van der Waals surface area contributed by atoms with Crippen molar-refractivity contribution < 1.29 is 191 Å². The Morgan fingerprint density at radius 2 is 0.844 bits per heavy atom. The van der Waals surface area contributed by atoms with Crippen molar-refractivity contribution in [2.24, 2.45) is 0 Å². The molecule has 0 amide bonds. The van der Waals surface area contributed by atoms with Gasteiger partial charge in [0.2, 0.25) is 10.2 Å². The van der Waals surface area contributed by atoms with E-state index in [-0.39, 0.29) is 124 Å². The number of aliphatic hydroxyl groups is 2. The standard InChI is InChI=1S/C7H18N2O14P4.4Na.H2O/c10-6(24(12,13)14,25(15,16)17)3-8-1-2-9(5-8)4-7(11,26(18,19)20)27(21,22)23;;;;;/h1-2,10-11H,3-5H2,(H2,12,13,14)(H2,15,16,17)(H2,18,19,20)(H2,21,22,23);;;;;1H2/q;4*+1;/p-5. The third kappa shape index (κ3) is 10.5. The van der Waals surface area contributed by atoms with E-state index in [1.807, 2.05) is 0 Å². The molecule has 17 nitrogen and oxygen atoms in total. The number of hydrogen-bond acceptors (Lipinski definition) is 13. The summed E-state index contributed by atoms with van der Waals surface area (Å²) in [7, 11) is -24.4. The second kappa shape index (κ2) is 15.4. The number of hydrogen-bond donors (Lipinski definition) is 6. The van der Waals surface area contributed by atoms with Crippen LogP contribution in [0.5, 0.6) is 0 Å². The van der Waals surface area contributed by atoms with E-state index in [4.69, 9.17) is 19.6 Å². The van der Waals surface area contributed by atoms with Gasteiger partial charge in [-0.2, -0.15) is 0 Å². The molecule has 0 radical (unpaired) electrons. The molecule has 0 aromatic rings. The summed E-state index contributed by atoms with van der Waals surface area (Å²) in [4.78, 5) is 81.2. The predicted molar refractivity (Wildman–Crippen MR) is 78.6 cm³/mol. The summed E-state index contributed by atoms with van der Waals surface area (Å²) >= 11 is 0. The SMILES string of the molecule is O=P([O-])(O)C(O)(CN1C=CN(CC(O)(P(=O)([O-])O)P(=O)([O-])O)C1)P(=O)([O-])O.[Na+].[Na+].[Na+].[Na+].[OH-]. The van der Waals surface area contributed by atoms with Gasteiger partial charge in [-0.05, 0) is 0 Å². The van der Waals surface area contributed by atoms with Crippen molar-refractivity contribution in [2.75, 3.05) is 19.8 Å².